The minimum atomic E-state index is -0.313. The summed E-state index contributed by atoms with van der Waals surface area (Å²) < 4.78 is 5.07. The van der Waals surface area contributed by atoms with Crippen molar-refractivity contribution in [2.45, 2.75) is 0 Å². The van der Waals surface area contributed by atoms with Crippen molar-refractivity contribution in [2.75, 3.05) is 0 Å². The zero-order valence-electron chi connectivity index (χ0n) is 8.71. The number of pyridine rings is 1. The Kier molecular flexibility index (Phi) is 3.46. The molecule has 2 rings (SSSR count). The van der Waals surface area contributed by atoms with E-state index in [1.54, 1.807) is 30.5 Å². The smallest absolute Gasteiger partial charge is 0.271 e. The molecule has 0 bridgehead atoms. The number of thiocarbonyl (C=S) groups is 1. The second-order valence-corrected chi connectivity index (χ2v) is 3.54. The van der Waals surface area contributed by atoms with Crippen LogP contribution in [0.25, 0.3) is 0 Å². The fourth-order valence-electron chi connectivity index (χ4n) is 1.15. The third kappa shape index (κ3) is 2.88. The van der Waals surface area contributed by atoms with Crippen LogP contribution in [0.15, 0.2) is 47.3 Å². The predicted molar refractivity (Wildman–Crippen MR) is 65.2 cm³/mol. The number of nitrogens with zero attached hydrogens (tertiary/aromatic N) is 1. The SMILES string of the molecule is O=C(NNC(=S)c1ccco1)c1cccnc1. The van der Waals surface area contributed by atoms with E-state index in [-0.39, 0.29) is 5.91 Å². The molecule has 2 heterocycles. The van der Waals surface area contributed by atoms with E-state index in [1.807, 2.05) is 0 Å². The van der Waals surface area contributed by atoms with Crippen LogP contribution >= 0.6 is 12.2 Å². The molecular weight excluding hydrogens is 238 g/mol. The number of carbonyl (C=O) groups is 1. The largest absolute Gasteiger partial charge is 0.462 e. The van der Waals surface area contributed by atoms with Gasteiger partial charge in [0.25, 0.3) is 5.91 Å². The number of carbonyl (C=O) groups excluding carboxylic acids is 1. The summed E-state index contributed by atoms with van der Waals surface area (Å²) in [5, 5.41) is 0. The quantitative estimate of drug-likeness (QED) is 0.618. The van der Waals surface area contributed by atoms with Gasteiger partial charge in [-0.1, -0.05) is 12.2 Å². The van der Waals surface area contributed by atoms with Gasteiger partial charge in [-0.25, -0.2) is 0 Å². The molecule has 0 saturated carbocycles. The molecular formula is C11H9N3O2S. The maximum absolute atomic E-state index is 11.6. The first kappa shape index (κ1) is 11.3. The van der Waals surface area contributed by atoms with Crippen molar-refractivity contribution < 1.29 is 9.21 Å². The number of hydrazine groups is 1. The Labute approximate surface area is 103 Å². The number of hydrogen-bond acceptors (Lipinski definition) is 4. The maximum Gasteiger partial charge on any atom is 0.271 e. The van der Waals surface area contributed by atoms with Crippen LogP contribution in [-0.4, -0.2) is 15.9 Å². The Hall–Kier alpha value is -2.21. The standard InChI is InChI=1S/C11H9N3O2S/c15-10(8-3-1-5-12-7-8)13-14-11(17)9-4-2-6-16-9/h1-7H,(H,13,15)(H,14,17). The van der Waals surface area contributed by atoms with Gasteiger partial charge < -0.3 is 4.42 Å². The van der Waals surface area contributed by atoms with Crippen molar-refractivity contribution in [3.63, 3.8) is 0 Å². The molecule has 0 aliphatic heterocycles. The highest BCUT2D eigenvalue weighted by Crippen LogP contribution is 2.00. The molecule has 0 unspecified atom stereocenters. The number of amides is 1. The van der Waals surface area contributed by atoms with Crippen molar-refractivity contribution in [2.24, 2.45) is 0 Å². The number of furan rings is 1. The maximum atomic E-state index is 11.6. The molecule has 17 heavy (non-hydrogen) atoms. The van der Waals surface area contributed by atoms with Crippen LogP contribution in [0, 0.1) is 0 Å². The second kappa shape index (κ2) is 5.22. The van der Waals surface area contributed by atoms with E-state index in [0.717, 1.165) is 0 Å². The molecule has 2 N–H and O–H groups in total. The van der Waals surface area contributed by atoms with E-state index in [1.165, 1.54) is 12.5 Å². The fourth-order valence-corrected chi connectivity index (χ4v) is 1.32. The van der Waals surface area contributed by atoms with E-state index < -0.39 is 0 Å². The van der Waals surface area contributed by atoms with E-state index in [9.17, 15) is 4.79 Å². The molecule has 6 heteroatoms. The molecule has 0 aromatic carbocycles. The summed E-state index contributed by atoms with van der Waals surface area (Å²) in [6.07, 6.45) is 4.57. The van der Waals surface area contributed by atoms with E-state index in [0.29, 0.717) is 16.3 Å². The summed E-state index contributed by atoms with van der Waals surface area (Å²) in [5.41, 5.74) is 5.50. The van der Waals surface area contributed by atoms with Crippen molar-refractivity contribution in [1.82, 2.24) is 15.8 Å². The highest BCUT2D eigenvalue weighted by Gasteiger charge is 2.07. The lowest BCUT2D eigenvalue weighted by molar-refractivity contribution is 0.0944. The number of hydrogen-bond donors (Lipinski definition) is 2. The van der Waals surface area contributed by atoms with E-state index in [4.69, 9.17) is 16.6 Å². The Morgan fingerprint density at radius 3 is 2.82 bits per heavy atom. The summed E-state index contributed by atoms with van der Waals surface area (Å²) in [5.74, 6) is 0.179. The van der Waals surface area contributed by atoms with Gasteiger partial charge in [-0.2, -0.15) is 0 Å². The summed E-state index contributed by atoms with van der Waals surface area (Å²) in [4.78, 5) is 15.8. The first-order valence-electron chi connectivity index (χ1n) is 4.81. The van der Waals surface area contributed by atoms with Gasteiger partial charge in [0, 0.05) is 12.4 Å². The van der Waals surface area contributed by atoms with Gasteiger partial charge in [0.1, 0.15) is 0 Å². The average Bonchev–Trinajstić information content (AvgIpc) is 2.90. The van der Waals surface area contributed by atoms with Crippen molar-refractivity contribution in [1.29, 1.82) is 0 Å². The Bertz CT molecular complexity index is 511. The monoisotopic (exact) mass is 247 g/mol. The topological polar surface area (TPSA) is 67.2 Å². The van der Waals surface area contributed by atoms with Gasteiger partial charge in [0.2, 0.25) is 0 Å². The Morgan fingerprint density at radius 2 is 2.18 bits per heavy atom. The normalized spacial score (nSPS) is 9.65. The molecule has 0 fully saturated rings. The van der Waals surface area contributed by atoms with Gasteiger partial charge in [-0.05, 0) is 24.3 Å². The lowest BCUT2D eigenvalue weighted by Crippen LogP contribution is -2.41. The number of aromatic nitrogens is 1. The summed E-state index contributed by atoms with van der Waals surface area (Å²) in [6, 6.07) is 6.75. The van der Waals surface area contributed by atoms with Gasteiger partial charge in [0.15, 0.2) is 10.7 Å². The molecule has 0 aliphatic rings. The second-order valence-electron chi connectivity index (χ2n) is 3.13. The van der Waals surface area contributed by atoms with Crippen LogP contribution in [0.3, 0.4) is 0 Å². The molecule has 0 spiro atoms. The first-order chi connectivity index (χ1) is 8.27. The van der Waals surface area contributed by atoms with Crippen molar-refractivity contribution in [3.05, 3.63) is 54.2 Å². The molecule has 1 amide bonds. The summed E-state index contributed by atoms with van der Waals surface area (Å²) >= 11 is 5.01. The fraction of sp³-hybridized carbons (Fsp3) is 0. The molecule has 0 atom stereocenters. The minimum Gasteiger partial charge on any atom is -0.462 e. The predicted octanol–water partition coefficient (Wildman–Crippen LogP) is 1.28. The van der Waals surface area contributed by atoms with Crippen LogP contribution in [0.2, 0.25) is 0 Å². The Morgan fingerprint density at radius 1 is 1.29 bits per heavy atom. The molecule has 2 aromatic rings. The first-order valence-corrected chi connectivity index (χ1v) is 5.22. The third-order valence-electron chi connectivity index (χ3n) is 1.96. The Balaban J connectivity index is 1.91. The number of rotatable bonds is 2. The van der Waals surface area contributed by atoms with Gasteiger partial charge >= 0.3 is 0 Å². The molecule has 86 valence electrons. The van der Waals surface area contributed by atoms with Gasteiger partial charge in [-0.3, -0.25) is 20.6 Å². The van der Waals surface area contributed by atoms with Crippen LogP contribution in [-0.2, 0) is 0 Å². The van der Waals surface area contributed by atoms with E-state index >= 15 is 0 Å². The van der Waals surface area contributed by atoms with Crippen LogP contribution in [0.5, 0.6) is 0 Å². The average molecular weight is 247 g/mol. The molecule has 2 aromatic heterocycles. The van der Waals surface area contributed by atoms with Crippen LogP contribution < -0.4 is 10.9 Å². The molecule has 0 aliphatic carbocycles. The van der Waals surface area contributed by atoms with Gasteiger partial charge in [-0.15, -0.1) is 0 Å². The minimum absolute atomic E-state index is 0.312. The lowest BCUT2D eigenvalue weighted by Gasteiger charge is -2.07. The number of nitrogens with one attached hydrogen (secondary N) is 2. The lowest BCUT2D eigenvalue weighted by atomic mass is 10.3. The zero-order valence-corrected chi connectivity index (χ0v) is 9.53. The summed E-state index contributed by atoms with van der Waals surface area (Å²) in [7, 11) is 0. The molecule has 0 radical (unpaired) electrons. The molecule has 5 nitrogen and oxygen atoms in total. The highest BCUT2D eigenvalue weighted by molar-refractivity contribution is 7.80. The molecule has 0 saturated heterocycles. The van der Waals surface area contributed by atoms with E-state index in [2.05, 4.69) is 15.8 Å². The van der Waals surface area contributed by atoms with Gasteiger partial charge in [0.05, 0.1) is 11.8 Å². The van der Waals surface area contributed by atoms with Crippen LogP contribution in [0.4, 0.5) is 0 Å². The van der Waals surface area contributed by atoms with Crippen molar-refractivity contribution in [3.8, 4) is 0 Å². The highest BCUT2D eigenvalue weighted by atomic mass is 32.1. The van der Waals surface area contributed by atoms with Crippen LogP contribution in [0.1, 0.15) is 16.1 Å². The van der Waals surface area contributed by atoms with Crippen molar-refractivity contribution >= 4 is 23.1 Å². The summed E-state index contributed by atoms with van der Waals surface area (Å²) in [6.45, 7) is 0. The zero-order chi connectivity index (χ0) is 12.1. The third-order valence-corrected chi connectivity index (χ3v) is 2.26.